The van der Waals surface area contributed by atoms with Gasteiger partial charge in [0.25, 0.3) is 5.56 Å². The number of carbonyl (C=O) groups excluding carboxylic acids is 1. The summed E-state index contributed by atoms with van der Waals surface area (Å²) in [4.78, 5) is 31.4. The Bertz CT molecular complexity index is 1040. The summed E-state index contributed by atoms with van der Waals surface area (Å²) in [6.07, 6.45) is 0. The first-order valence-corrected chi connectivity index (χ1v) is 8.57. The number of hydrogen-bond donors (Lipinski definition) is 3. The van der Waals surface area contributed by atoms with Gasteiger partial charge in [-0.2, -0.15) is 17.9 Å². The summed E-state index contributed by atoms with van der Waals surface area (Å²) >= 11 is 5.90. The number of aromatic nitrogens is 2. The summed E-state index contributed by atoms with van der Waals surface area (Å²) in [6.45, 7) is 0. The number of carbonyl (C=O) groups is 1. The van der Waals surface area contributed by atoms with Crippen molar-refractivity contribution in [2.24, 2.45) is 5.73 Å². The predicted molar refractivity (Wildman–Crippen MR) is 98.7 cm³/mol. The van der Waals surface area contributed by atoms with Crippen LogP contribution in [0, 0.1) is 11.3 Å². The number of amides is 1. The molecule has 3 rings (SSSR count). The van der Waals surface area contributed by atoms with Gasteiger partial charge < -0.3 is 10.7 Å². The second kappa shape index (κ2) is 6.93. The molecule has 0 bridgehead atoms. The van der Waals surface area contributed by atoms with E-state index in [1.54, 1.807) is 30.3 Å². The quantitative estimate of drug-likeness (QED) is 0.614. The van der Waals surface area contributed by atoms with E-state index in [1.807, 2.05) is 17.5 Å². The lowest BCUT2D eigenvalue weighted by molar-refractivity contribution is 0.1000. The van der Waals surface area contributed by atoms with Crippen LogP contribution in [0.25, 0.3) is 10.6 Å². The van der Waals surface area contributed by atoms with Crippen molar-refractivity contribution in [3.8, 4) is 16.6 Å². The molecule has 25 heavy (non-hydrogen) atoms. The summed E-state index contributed by atoms with van der Waals surface area (Å²) in [5.74, 6) is -0.264. The van der Waals surface area contributed by atoms with Crippen LogP contribution in [0.5, 0.6) is 0 Å². The van der Waals surface area contributed by atoms with Crippen LogP contribution in [0.3, 0.4) is 0 Å². The molecule has 0 saturated carbocycles. The van der Waals surface area contributed by atoms with E-state index in [0.717, 1.165) is 4.88 Å². The zero-order valence-corrected chi connectivity index (χ0v) is 14.5. The van der Waals surface area contributed by atoms with Gasteiger partial charge >= 0.3 is 0 Å². The lowest BCUT2D eigenvalue weighted by Crippen LogP contribution is -2.18. The first-order valence-electron chi connectivity index (χ1n) is 7.17. The van der Waals surface area contributed by atoms with E-state index in [2.05, 4.69) is 22.6 Å². The van der Waals surface area contributed by atoms with Crippen LogP contribution < -0.4 is 11.3 Å². The molecule has 0 aliphatic heterocycles. The Morgan fingerprint density at radius 2 is 2.16 bits per heavy atom. The average Bonchev–Trinajstić information content (AvgIpc) is 3.15. The minimum Gasteiger partial charge on any atom is -0.366 e. The fourth-order valence-electron chi connectivity index (χ4n) is 2.34. The van der Waals surface area contributed by atoms with Crippen LogP contribution in [-0.4, -0.2) is 15.9 Å². The fraction of sp³-hybridized carbons (Fsp3) is 0.0588. The number of thiophene rings is 1. The second-order valence-electron chi connectivity index (χ2n) is 5.16. The SMILES string of the molecule is N#Cc1c(-c2cccs2)nc(C(S)c2cccc(C(N)=O)c2)[nH]c1=O. The Morgan fingerprint density at radius 1 is 1.36 bits per heavy atom. The molecule has 124 valence electrons. The van der Waals surface area contributed by atoms with Crippen molar-refractivity contribution in [3.05, 3.63) is 74.6 Å². The van der Waals surface area contributed by atoms with Crippen molar-refractivity contribution in [1.82, 2.24) is 9.97 Å². The number of benzene rings is 1. The third kappa shape index (κ3) is 3.33. The van der Waals surface area contributed by atoms with Gasteiger partial charge in [-0.05, 0) is 29.1 Å². The molecule has 1 unspecified atom stereocenters. The Labute approximate surface area is 152 Å². The number of nitriles is 1. The third-order valence-electron chi connectivity index (χ3n) is 3.55. The maximum atomic E-state index is 12.3. The van der Waals surface area contributed by atoms with Gasteiger partial charge in [-0.3, -0.25) is 9.59 Å². The van der Waals surface area contributed by atoms with Crippen molar-refractivity contribution in [2.45, 2.75) is 5.25 Å². The van der Waals surface area contributed by atoms with Crippen molar-refractivity contribution < 1.29 is 4.79 Å². The van der Waals surface area contributed by atoms with E-state index in [9.17, 15) is 14.9 Å². The second-order valence-corrected chi connectivity index (χ2v) is 6.62. The average molecular weight is 368 g/mol. The van der Waals surface area contributed by atoms with E-state index in [1.165, 1.54) is 11.3 Å². The van der Waals surface area contributed by atoms with Gasteiger partial charge in [0.15, 0.2) is 0 Å². The number of primary amides is 1. The standard InChI is InChI=1S/C17H12N4O2S2/c18-8-11-13(12-5-2-6-25-12)20-16(21-17(11)23)14(24)9-3-1-4-10(7-9)15(19)22/h1-7,14,24H,(H2,19,22)(H,20,21,23). The summed E-state index contributed by atoms with van der Waals surface area (Å²) in [5, 5.41) is 10.5. The van der Waals surface area contributed by atoms with Crippen LogP contribution in [0.15, 0.2) is 46.6 Å². The number of nitrogens with two attached hydrogens (primary N) is 1. The molecule has 0 aliphatic rings. The molecule has 0 radical (unpaired) electrons. The Morgan fingerprint density at radius 3 is 2.80 bits per heavy atom. The van der Waals surface area contributed by atoms with Gasteiger partial charge in [0.1, 0.15) is 23.2 Å². The van der Waals surface area contributed by atoms with Gasteiger partial charge in [-0.1, -0.05) is 18.2 Å². The summed E-state index contributed by atoms with van der Waals surface area (Å²) in [7, 11) is 0. The summed E-state index contributed by atoms with van der Waals surface area (Å²) < 4.78 is 0. The van der Waals surface area contributed by atoms with E-state index < -0.39 is 16.7 Å². The molecule has 2 heterocycles. The zero-order chi connectivity index (χ0) is 18.0. The molecule has 0 spiro atoms. The van der Waals surface area contributed by atoms with Crippen molar-refractivity contribution >= 4 is 29.9 Å². The molecule has 3 N–H and O–H groups in total. The monoisotopic (exact) mass is 368 g/mol. The highest BCUT2D eigenvalue weighted by Gasteiger charge is 2.19. The van der Waals surface area contributed by atoms with Gasteiger partial charge in [0, 0.05) is 5.56 Å². The Kier molecular flexibility index (Phi) is 4.70. The first kappa shape index (κ1) is 17.0. The third-order valence-corrected chi connectivity index (χ3v) is 4.97. The maximum Gasteiger partial charge on any atom is 0.269 e. The fourth-order valence-corrected chi connectivity index (χ4v) is 3.34. The predicted octanol–water partition coefficient (Wildman–Crippen LogP) is 2.49. The number of rotatable bonds is 4. The normalized spacial score (nSPS) is 11.7. The van der Waals surface area contributed by atoms with Crippen LogP contribution in [0.2, 0.25) is 0 Å². The van der Waals surface area contributed by atoms with Crippen LogP contribution in [0.1, 0.15) is 32.6 Å². The highest BCUT2D eigenvalue weighted by molar-refractivity contribution is 7.80. The van der Waals surface area contributed by atoms with Gasteiger partial charge in [-0.25, -0.2) is 4.98 Å². The number of aromatic amines is 1. The lowest BCUT2D eigenvalue weighted by atomic mass is 10.1. The van der Waals surface area contributed by atoms with Crippen molar-refractivity contribution in [3.63, 3.8) is 0 Å². The van der Waals surface area contributed by atoms with Crippen LogP contribution in [-0.2, 0) is 0 Å². The number of H-pyrrole nitrogens is 1. The highest BCUT2D eigenvalue weighted by atomic mass is 32.1. The van der Waals surface area contributed by atoms with E-state index in [-0.39, 0.29) is 11.4 Å². The molecule has 0 aliphatic carbocycles. The highest BCUT2D eigenvalue weighted by Crippen LogP contribution is 2.29. The molecule has 3 aromatic rings. The molecule has 1 atom stereocenters. The molecule has 1 aromatic carbocycles. The van der Waals surface area contributed by atoms with E-state index in [0.29, 0.717) is 16.8 Å². The van der Waals surface area contributed by atoms with Crippen LogP contribution in [0.4, 0.5) is 0 Å². The van der Waals surface area contributed by atoms with Gasteiger partial charge in [0.2, 0.25) is 5.91 Å². The molecule has 2 aromatic heterocycles. The number of hydrogen-bond acceptors (Lipinski definition) is 6. The molecular weight excluding hydrogens is 356 g/mol. The zero-order valence-electron chi connectivity index (χ0n) is 12.8. The molecule has 1 amide bonds. The first-order chi connectivity index (χ1) is 12.0. The van der Waals surface area contributed by atoms with Gasteiger partial charge in [-0.15, -0.1) is 11.3 Å². The van der Waals surface area contributed by atoms with E-state index >= 15 is 0 Å². The Balaban J connectivity index is 2.12. The smallest absolute Gasteiger partial charge is 0.269 e. The van der Waals surface area contributed by atoms with Gasteiger partial charge in [0.05, 0.1) is 10.1 Å². The maximum absolute atomic E-state index is 12.3. The minimum absolute atomic E-state index is 0.0439. The topological polar surface area (TPSA) is 113 Å². The van der Waals surface area contributed by atoms with E-state index in [4.69, 9.17) is 5.73 Å². The van der Waals surface area contributed by atoms with Crippen molar-refractivity contribution in [2.75, 3.05) is 0 Å². The number of nitrogens with one attached hydrogen (secondary N) is 1. The molecular formula is C17H12N4O2S2. The largest absolute Gasteiger partial charge is 0.366 e. The molecule has 6 nitrogen and oxygen atoms in total. The number of thiol groups is 1. The summed E-state index contributed by atoms with van der Waals surface area (Å²) in [6, 6.07) is 12.1. The molecule has 0 fully saturated rings. The lowest BCUT2D eigenvalue weighted by Gasteiger charge is -2.13. The van der Waals surface area contributed by atoms with Crippen molar-refractivity contribution in [1.29, 1.82) is 5.26 Å². The Hall–Kier alpha value is -2.89. The number of nitrogens with zero attached hydrogens (tertiary/aromatic N) is 2. The minimum atomic E-state index is -0.585. The molecule has 0 saturated heterocycles. The molecule has 8 heteroatoms. The summed E-state index contributed by atoms with van der Waals surface area (Å²) in [5.41, 5.74) is 6.05. The van der Waals surface area contributed by atoms with Crippen LogP contribution >= 0.6 is 24.0 Å².